The highest BCUT2D eigenvalue weighted by Gasteiger charge is 2.31. The van der Waals surface area contributed by atoms with Gasteiger partial charge in [-0.05, 0) is 6.42 Å². The largest absolute Gasteiger partial charge is 0.490 e. The molecule has 8 nitrogen and oxygen atoms in total. The third kappa shape index (κ3) is 3.33. The number of anilines is 2. The van der Waals surface area contributed by atoms with Crippen molar-refractivity contribution in [3.8, 4) is 5.75 Å². The maximum Gasteiger partial charge on any atom is 0.242 e. The van der Waals surface area contributed by atoms with Crippen molar-refractivity contribution in [1.29, 1.82) is 0 Å². The normalized spacial score (nSPS) is 18.4. The lowest BCUT2D eigenvalue weighted by molar-refractivity contribution is -0.121. The first-order valence-corrected chi connectivity index (χ1v) is 6.95. The SMILES string of the molecule is CCCNc1ncnc(N2CCOCC2C(N)=O)c1OC. The Labute approximate surface area is 123 Å². The summed E-state index contributed by atoms with van der Waals surface area (Å²) in [5.41, 5.74) is 5.44. The molecule has 2 heterocycles. The van der Waals surface area contributed by atoms with E-state index in [1.807, 2.05) is 4.90 Å². The lowest BCUT2D eigenvalue weighted by Gasteiger charge is -2.35. The number of hydrogen-bond acceptors (Lipinski definition) is 7. The maximum absolute atomic E-state index is 11.6. The molecule has 2 rings (SSSR count). The summed E-state index contributed by atoms with van der Waals surface area (Å²) in [6.07, 6.45) is 2.41. The minimum Gasteiger partial charge on any atom is -0.490 e. The van der Waals surface area contributed by atoms with Gasteiger partial charge in [0, 0.05) is 13.1 Å². The maximum atomic E-state index is 11.6. The lowest BCUT2D eigenvalue weighted by Crippen LogP contribution is -2.53. The molecule has 1 fully saturated rings. The molecule has 0 bridgehead atoms. The zero-order valence-corrected chi connectivity index (χ0v) is 12.3. The second kappa shape index (κ2) is 7.07. The van der Waals surface area contributed by atoms with Crippen LogP contribution in [0.1, 0.15) is 13.3 Å². The van der Waals surface area contributed by atoms with Gasteiger partial charge in [-0.1, -0.05) is 6.92 Å². The van der Waals surface area contributed by atoms with Crippen LogP contribution in [0.4, 0.5) is 11.6 Å². The number of hydrogen-bond donors (Lipinski definition) is 2. The van der Waals surface area contributed by atoms with Gasteiger partial charge in [0.25, 0.3) is 0 Å². The van der Waals surface area contributed by atoms with Crippen LogP contribution in [-0.4, -0.2) is 55.3 Å². The highest BCUT2D eigenvalue weighted by atomic mass is 16.5. The van der Waals surface area contributed by atoms with Crippen LogP contribution >= 0.6 is 0 Å². The quantitative estimate of drug-likeness (QED) is 0.761. The topological polar surface area (TPSA) is 103 Å². The second-order valence-corrected chi connectivity index (χ2v) is 4.69. The number of ether oxygens (including phenoxy) is 2. The molecule has 1 aliphatic rings. The van der Waals surface area contributed by atoms with Crippen molar-refractivity contribution in [2.75, 3.05) is 43.6 Å². The summed E-state index contributed by atoms with van der Waals surface area (Å²) in [5, 5.41) is 3.19. The van der Waals surface area contributed by atoms with Crippen LogP contribution in [0.2, 0.25) is 0 Å². The number of methoxy groups -OCH3 is 1. The first kappa shape index (κ1) is 15.3. The Balaban J connectivity index is 2.34. The smallest absolute Gasteiger partial charge is 0.242 e. The number of aromatic nitrogens is 2. The van der Waals surface area contributed by atoms with Gasteiger partial charge < -0.3 is 25.4 Å². The second-order valence-electron chi connectivity index (χ2n) is 4.69. The number of nitrogens with zero attached hydrogens (tertiary/aromatic N) is 3. The first-order chi connectivity index (χ1) is 10.2. The summed E-state index contributed by atoms with van der Waals surface area (Å²) in [5.74, 6) is 1.23. The highest BCUT2D eigenvalue weighted by Crippen LogP contribution is 2.33. The van der Waals surface area contributed by atoms with E-state index >= 15 is 0 Å². The van der Waals surface area contributed by atoms with Crippen molar-refractivity contribution in [3.05, 3.63) is 6.33 Å². The average molecular weight is 295 g/mol. The molecule has 0 aromatic carbocycles. The highest BCUT2D eigenvalue weighted by molar-refractivity contribution is 5.84. The standard InChI is InChI=1S/C13H21N5O3/c1-3-4-15-12-10(20-2)13(17-8-16-12)18-5-6-21-7-9(18)11(14)19/h8-9H,3-7H2,1-2H3,(H2,14,19)(H,15,16,17). The summed E-state index contributed by atoms with van der Waals surface area (Å²) in [6, 6.07) is -0.554. The minimum atomic E-state index is -0.554. The Morgan fingerprint density at radius 3 is 3.10 bits per heavy atom. The Morgan fingerprint density at radius 1 is 1.62 bits per heavy atom. The zero-order chi connectivity index (χ0) is 15.2. The van der Waals surface area contributed by atoms with E-state index in [4.69, 9.17) is 15.2 Å². The van der Waals surface area contributed by atoms with Gasteiger partial charge in [0.15, 0.2) is 11.6 Å². The van der Waals surface area contributed by atoms with Crippen molar-refractivity contribution < 1.29 is 14.3 Å². The molecule has 0 radical (unpaired) electrons. The van der Waals surface area contributed by atoms with Gasteiger partial charge in [0.05, 0.1) is 20.3 Å². The van der Waals surface area contributed by atoms with Crippen LogP contribution in [-0.2, 0) is 9.53 Å². The molecule has 0 saturated carbocycles. The molecule has 1 amide bonds. The third-order valence-electron chi connectivity index (χ3n) is 3.26. The fourth-order valence-corrected chi connectivity index (χ4v) is 2.22. The van der Waals surface area contributed by atoms with Gasteiger partial charge in [-0.15, -0.1) is 0 Å². The van der Waals surface area contributed by atoms with Gasteiger partial charge in [-0.3, -0.25) is 4.79 Å². The van der Waals surface area contributed by atoms with Crippen LogP contribution in [0.25, 0.3) is 0 Å². The molecular formula is C13H21N5O3. The molecule has 0 aliphatic carbocycles. The molecule has 1 unspecified atom stereocenters. The number of carbonyl (C=O) groups is 1. The van der Waals surface area contributed by atoms with Crippen LogP contribution in [0.3, 0.4) is 0 Å². The molecule has 1 atom stereocenters. The molecule has 1 aromatic heterocycles. The minimum absolute atomic E-state index is 0.250. The lowest BCUT2D eigenvalue weighted by atomic mass is 10.2. The van der Waals surface area contributed by atoms with Crippen LogP contribution in [0.5, 0.6) is 5.75 Å². The summed E-state index contributed by atoms with van der Waals surface area (Å²) in [4.78, 5) is 21.9. The molecule has 116 valence electrons. The zero-order valence-electron chi connectivity index (χ0n) is 12.3. The molecule has 0 spiro atoms. The molecule has 8 heteroatoms. The van der Waals surface area contributed by atoms with Crippen molar-refractivity contribution in [1.82, 2.24) is 9.97 Å². The van der Waals surface area contributed by atoms with Crippen molar-refractivity contribution >= 4 is 17.5 Å². The Hall–Kier alpha value is -2.09. The van der Waals surface area contributed by atoms with Gasteiger partial charge in [-0.25, -0.2) is 9.97 Å². The first-order valence-electron chi connectivity index (χ1n) is 6.95. The van der Waals surface area contributed by atoms with Crippen LogP contribution in [0, 0.1) is 0 Å². The van der Waals surface area contributed by atoms with E-state index < -0.39 is 11.9 Å². The van der Waals surface area contributed by atoms with E-state index in [1.165, 1.54) is 6.33 Å². The summed E-state index contributed by atoms with van der Waals surface area (Å²) in [7, 11) is 1.55. The fourth-order valence-electron chi connectivity index (χ4n) is 2.22. The number of nitrogens with one attached hydrogen (secondary N) is 1. The Kier molecular flexibility index (Phi) is 5.15. The van der Waals surface area contributed by atoms with Gasteiger partial charge >= 0.3 is 0 Å². The van der Waals surface area contributed by atoms with Crippen molar-refractivity contribution in [2.24, 2.45) is 5.73 Å². The number of nitrogens with two attached hydrogens (primary N) is 1. The van der Waals surface area contributed by atoms with Crippen LogP contribution in [0.15, 0.2) is 6.33 Å². The molecule has 21 heavy (non-hydrogen) atoms. The number of morpholine rings is 1. The number of amides is 1. The van der Waals surface area contributed by atoms with Gasteiger partial charge in [0.1, 0.15) is 12.4 Å². The predicted molar refractivity (Wildman–Crippen MR) is 78.5 cm³/mol. The number of carbonyl (C=O) groups excluding carboxylic acids is 1. The molecular weight excluding hydrogens is 274 g/mol. The molecule has 1 saturated heterocycles. The molecule has 1 aliphatic heterocycles. The van der Waals surface area contributed by atoms with E-state index in [9.17, 15) is 4.79 Å². The van der Waals surface area contributed by atoms with E-state index in [1.54, 1.807) is 7.11 Å². The fraction of sp³-hybridized carbons (Fsp3) is 0.615. The molecule has 3 N–H and O–H groups in total. The Bertz CT molecular complexity index is 497. The van der Waals surface area contributed by atoms with Gasteiger partial charge in [0.2, 0.25) is 11.7 Å². The third-order valence-corrected chi connectivity index (χ3v) is 3.26. The van der Waals surface area contributed by atoms with Crippen LogP contribution < -0.4 is 20.7 Å². The number of primary amides is 1. The summed E-state index contributed by atoms with van der Waals surface area (Å²) in [6.45, 7) is 4.12. The number of rotatable bonds is 6. The van der Waals surface area contributed by atoms with E-state index in [0.29, 0.717) is 30.5 Å². The molecule has 1 aromatic rings. The van der Waals surface area contributed by atoms with Gasteiger partial charge in [-0.2, -0.15) is 0 Å². The summed E-state index contributed by atoms with van der Waals surface area (Å²) >= 11 is 0. The van der Waals surface area contributed by atoms with E-state index in [0.717, 1.165) is 13.0 Å². The predicted octanol–water partition coefficient (Wildman–Crippen LogP) is -0.00240. The van der Waals surface area contributed by atoms with E-state index in [-0.39, 0.29) is 6.61 Å². The monoisotopic (exact) mass is 295 g/mol. The summed E-state index contributed by atoms with van der Waals surface area (Å²) < 4.78 is 10.8. The van der Waals surface area contributed by atoms with E-state index in [2.05, 4.69) is 22.2 Å². The Morgan fingerprint density at radius 2 is 2.43 bits per heavy atom. The average Bonchev–Trinajstić information content (AvgIpc) is 2.52. The van der Waals surface area contributed by atoms with Crippen molar-refractivity contribution in [2.45, 2.75) is 19.4 Å². The van der Waals surface area contributed by atoms with Crippen molar-refractivity contribution in [3.63, 3.8) is 0 Å².